The highest BCUT2D eigenvalue weighted by Crippen LogP contribution is 2.39. The van der Waals surface area contributed by atoms with Gasteiger partial charge in [-0.25, -0.2) is 11.7 Å². The molecule has 0 amide bonds. The van der Waals surface area contributed by atoms with Crippen LogP contribution in [0.1, 0.15) is 0 Å². The number of nitrogens with one attached hydrogen (secondary N) is 1. The summed E-state index contributed by atoms with van der Waals surface area (Å²) in [6.07, 6.45) is -0.329. The lowest BCUT2D eigenvalue weighted by Gasteiger charge is -2.42. The Morgan fingerprint density at radius 1 is 1.03 bits per heavy atom. The number of benzene rings is 2. The van der Waals surface area contributed by atoms with Gasteiger partial charge >= 0.3 is 0 Å². The molecular formula is C25H38N6O4S. The minimum atomic E-state index is -0.329. The molecule has 10 nitrogen and oxygen atoms in total. The molecule has 0 aliphatic carbocycles. The standard InChI is InChI=1S/C14H21N3O2S.C11H17N3O2/c1-18-14-12(10-16-6-8-20-9-7-16)17(15)11-4-2-3-5-13(11)19-14;1-13-6-8-7-16-11-9(14(8)12)4-3-5-10(11)15-2/h2-5,12,14H,6-10,15H2,1H3;3-5,8,13H,6-7,12H2,1-2H3. The number of ether oxygens (including phenoxy) is 4. The van der Waals surface area contributed by atoms with E-state index in [2.05, 4.69) is 10.2 Å². The minimum absolute atomic E-state index is 0.0120. The van der Waals surface area contributed by atoms with Gasteiger partial charge in [-0.3, -0.25) is 14.9 Å². The van der Waals surface area contributed by atoms with E-state index >= 15 is 0 Å². The Morgan fingerprint density at radius 3 is 2.50 bits per heavy atom. The van der Waals surface area contributed by atoms with Gasteiger partial charge in [0, 0.05) is 44.8 Å². The second kappa shape index (κ2) is 12.7. The van der Waals surface area contributed by atoms with Gasteiger partial charge in [0.25, 0.3) is 0 Å². The van der Waals surface area contributed by atoms with Gasteiger partial charge < -0.3 is 24.3 Å². The van der Waals surface area contributed by atoms with Crippen LogP contribution < -0.4 is 41.2 Å². The number of rotatable bonds is 6. The Labute approximate surface area is 217 Å². The van der Waals surface area contributed by atoms with Gasteiger partial charge in [0.2, 0.25) is 6.29 Å². The summed E-state index contributed by atoms with van der Waals surface area (Å²) in [5.41, 5.74) is 1.79. The highest BCUT2D eigenvalue weighted by Gasteiger charge is 2.36. The molecule has 1 fully saturated rings. The van der Waals surface area contributed by atoms with Gasteiger partial charge in [-0.15, -0.1) is 0 Å². The van der Waals surface area contributed by atoms with Crippen LogP contribution in [0, 0.1) is 0 Å². The number of nitrogens with zero attached hydrogens (tertiary/aromatic N) is 3. The van der Waals surface area contributed by atoms with E-state index in [0.29, 0.717) is 6.61 Å². The van der Waals surface area contributed by atoms with Crippen LogP contribution in [0.3, 0.4) is 0 Å². The first-order chi connectivity index (χ1) is 17.6. The van der Waals surface area contributed by atoms with Gasteiger partial charge in [0.15, 0.2) is 11.5 Å². The van der Waals surface area contributed by atoms with Crippen LogP contribution in [0.15, 0.2) is 42.5 Å². The first-order valence-corrected chi connectivity index (χ1v) is 13.3. The Balaban J connectivity index is 0.000000174. The summed E-state index contributed by atoms with van der Waals surface area (Å²) in [6, 6.07) is 13.7. The number of thioether (sulfide) groups is 1. The van der Waals surface area contributed by atoms with E-state index in [0.717, 1.165) is 54.8 Å². The van der Waals surface area contributed by atoms with Crippen LogP contribution in [0.4, 0.5) is 11.4 Å². The molecule has 198 valence electrons. The number of fused-ring (bicyclic) bond motifs is 2. The third kappa shape index (κ3) is 5.93. The summed E-state index contributed by atoms with van der Waals surface area (Å²) in [7, 11) is 5.19. The van der Waals surface area contributed by atoms with E-state index in [1.165, 1.54) is 11.5 Å². The van der Waals surface area contributed by atoms with Crippen molar-refractivity contribution < 1.29 is 18.9 Å². The summed E-state index contributed by atoms with van der Waals surface area (Å²) in [5, 5.41) is 6.63. The number of para-hydroxylation sites is 3. The summed E-state index contributed by atoms with van der Waals surface area (Å²) in [6.45, 7) is 4.42. The molecule has 3 atom stereocenters. The van der Waals surface area contributed by atoms with E-state index in [4.69, 9.17) is 30.6 Å². The van der Waals surface area contributed by atoms with Crippen molar-refractivity contribution in [2.45, 2.75) is 18.4 Å². The second-order valence-electron chi connectivity index (χ2n) is 8.82. The molecule has 3 aliphatic heterocycles. The minimum Gasteiger partial charge on any atom is -0.493 e. The molecule has 0 saturated carbocycles. The predicted octanol–water partition coefficient (Wildman–Crippen LogP) is 1.50. The summed E-state index contributed by atoms with van der Waals surface area (Å²) in [5.74, 6) is 17.0. The Kier molecular flexibility index (Phi) is 9.41. The number of anilines is 2. The molecule has 5 rings (SSSR count). The Morgan fingerprint density at radius 2 is 1.78 bits per heavy atom. The molecule has 0 aromatic heterocycles. The van der Waals surface area contributed by atoms with Crippen molar-refractivity contribution in [1.82, 2.24) is 10.2 Å². The molecule has 3 unspecified atom stereocenters. The fourth-order valence-corrected chi connectivity index (χ4v) is 5.55. The van der Waals surface area contributed by atoms with E-state index < -0.39 is 0 Å². The lowest BCUT2D eigenvalue weighted by atomic mass is 10.1. The largest absolute Gasteiger partial charge is 0.493 e. The molecule has 0 spiro atoms. The van der Waals surface area contributed by atoms with Crippen molar-refractivity contribution in [2.75, 3.05) is 75.6 Å². The molecule has 3 aliphatic rings. The van der Waals surface area contributed by atoms with Gasteiger partial charge in [-0.2, -0.15) is 11.8 Å². The normalized spacial score (nSPS) is 23.4. The monoisotopic (exact) mass is 518 g/mol. The van der Waals surface area contributed by atoms with Gasteiger partial charge in [0.05, 0.1) is 24.5 Å². The van der Waals surface area contributed by atoms with Crippen molar-refractivity contribution in [3.63, 3.8) is 0 Å². The number of hydrogen-bond donors (Lipinski definition) is 3. The number of hydrazine groups is 2. The van der Waals surface area contributed by atoms with E-state index in [1.807, 2.05) is 61.3 Å². The fraction of sp³-hybridized carbons (Fsp3) is 0.520. The maximum atomic E-state index is 6.32. The lowest BCUT2D eigenvalue weighted by Crippen LogP contribution is -2.59. The molecule has 11 heteroatoms. The van der Waals surface area contributed by atoms with Crippen LogP contribution >= 0.6 is 11.8 Å². The molecular weight excluding hydrogens is 480 g/mol. The summed E-state index contributed by atoms with van der Waals surface area (Å²) >= 11 is 2.01. The van der Waals surface area contributed by atoms with Crippen LogP contribution in [0.5, 0.6) is 17.2 Å². The Bertz CT molecular complexity index is 979. The molecule has 0 radical (unpaired) electrons. The SMILES string of the molecule is CNCC1COc2c(OC)cccc2N1N.COC1Oc2ccccc2N(N)C1CN1CCSCC1. The van der Waals surface area contributed by atoms with Crippen LogP contribution in [-0.4, -0.2) is 88.8 Å². The van der Waals surface area contributed by atoms with E-state index in [9.17, 15) is 0 Å². The molecule has 1 saturated heterocycles. The van der Waals surface area contributed by atoms with E-state index in [-0.39, 0.29) is 18.4 Å². The van der Waals surface area contributed by atoms with Crippen molar-refractivity contribution in [3.8, 4) is 17.2 Å². The average molecular weight is 519 g/mol. The molecule has 36 heavy (non-hydrogen) atoms. The smallest absolute Gasteiger partial charge is 0.223 e. The maximum Gasteiger partial charge on any atom is 0.223 e. The predicted molar refractivity (Wildman–Crippen MR) is 145 cm³/mol. The first-order valence-electron chi connectivity index (χ1n) is 12.2. The number of hydrogen-bond acceptors (Lipinski definition) is 11. The zero-order chi connectivity index (χ0) is 25.5. The van der Waals surface area contributed by atoms with Gasteiger partial charge in [0.1, 0.15) is 18.4 Å². The van der Waals surface area contributed by atoms with Crippen LogP contribution in [-0.2, 0) is 4.74 Å². The number of nitrogens with two attached hydrogens (primary N) is 2. The average Bonchev–Trinajstić information content (AvgIpc) is 2.92. The molecule has 2 aromatic carbocycles. The van der Waals surface area contributed by atoms with Crippen LogP contribution in [0.25, 0.3) is 0 Å². The van der Waals surface area contributed by atoms with E-state index in [1.54, 1.807) is 24.2 Å². The second-order valence-corrected chi connectivity index (χ2v) is 10.0. The molecule has 3 heterocycles. The topological polar surface area (TPSA) is 111 Å². The third-order valence-electron chi connectivity index (χ3n) is 6.55. The summed E-state index contributed by atoms with van der Waals surface area (Å²) < 4.78 is 22.4. The van der Waals surface area contributed by atoms with Gasteiger partial charge in [-0.05, 0) is 31.3 Å². The van der Waals surface area contributed by atoms with Crippen molar-refractivity contribution in [3.05, 3.63) is 42.5 Å². The highest BCUT2D eigenvalue weighted by molar-refractivity contribution is 7.99. The Hall–Kier alpha value is -2.41. The quantitative estimate of drug-likeness (QED) is 0.484. The molecule has 5 N–H and O–H groups in total. The summed E-state index contributed by atoms with van der Waals surface area (Å²) in [4.78, 5) is 2.43. The number of likely N-dealkylation sites (N-methyl/N-ethyl adjacent to an activating group) is 1. The van der Waals surface area contributed by atoms with Crippen molar-refractivity contribution in [1.29, 1.82) is 0 Å². The van der Waals surface area contributed by atoms with Crippen molar-refractivity contribution >= 4 is 23.1 Å². The zero-order valence-electron chi connectivity index (χ0n) is 21.3. The third-order valence-corrected chi connectivity index (χ3v) is 7.49. The van der Waals surface area contributed by atoms with Crippen molar-refractivity contribution in [2.24, 2.45) is 11.7 Å². The number of methoxy groups -OCH3 is 2. The molecule has 2 aromatic rings. The highest BCUT2D eigenvalue weighted by atomic mass is 32.2. The maximum absolute atomic E-state index is 6.32. The lowest BCUT2D eigenvalue weighted by molar-refractivity contribution is -0.0824. The molecule has 0 bridgehead atoms. The van der Waals surface area contributed by atoms with Crippen LogP contribution in [0.2, 0.25) is 0 Å². The first kappa shape index (κ1) is 26.6. The zero-order valence-corrected chi connectivity index (χ0v) is 22.1. The van der Waals surface area contributed by atoms with Gasteiger partial charge in [-0.1, -0.05) is 18.2 Å². The fourth-order valence-electron chi connectivity index (χ4n) is 4.57.